The minimum absolute atomic E-state index is 0.315. The van der Waals surface area contributed by atoms with E-state index < -0.39 is 12.2 Å². The third-order valence-corrected chi connectivity index (χ3v) is 2.29. The topological polar surface area (TPSA) is 99.1 Å². The molecule has 1 rings (SSSR count). The molecule has 0 saturated carbocycles. The van der Waals surface area contributed by atoms with Gasteiger partial charge in [-0.2, -0.15) is 0 Å². The monoisotopic (exact) mass is 224 g/mol. The summed E-state index contributed by atoms with van der Waals surface area (Å²) in [6, 6.07) is 6.78. The number of oxime groups is 1. The number of nitrogens with zero attached hydrogens (tertiary/aromatic N) is 1. The van der Waals surface area contributed by atoms with Gasteiger partial charge in [0.05, 0.1) is 12.3 Å². The fourth-order valence-corrected chi connectivity index (χ4v) is 1.44. The summed E-state index contributed by atoms with van der Waals surface area (Å²) in [6.45, 7) is 0.315. The molecular formula is C11H16N2O3. The van der Waals surface area contributed by atoms with E-state index in [1.165, 1.54) is 6.21 Å². The number of aliphatic hydroxyl groups excluding tert-OH is 2. The van der Waals surface area contributed by atoms with E-state index in [9.17, 15) is 10.2 Å². The molecule has 0 heterocycles. The maximum absolute atomic E-state index is 9.80. The molecule has 0 aliphatic carbocycles. The van der Waals surface area contributed by atoms with Crippen LogP contribution in [0.1, 0.15) is 23.7 Å². The van der Waals surface area contributed by atoms with E-state index in [4.69, 9.17) is 10.9 Å². The molecule has 0 bridgehead atoms. The van der Waals surface area contributed by atoms with E-state index in [1.54, 1.807) is 24.3 Å². The van der Waals surface area contributed by atoms with Crippen molar-refractivity contribution in [2.45, 2.75) is 18.6 Å². The van der Waals surface area contributed by atoms with Crippen LogP contribution >= 0.6 is 0 Å². The van der Waals surface area contributed by atoms with Crippen LogP contribution in [0.25, 0.3) is 0 Å². The molecule has 5 heteroatoms. The van der Waals surface area contributed by atoms with E-state index in [-0.39, 0.29) is 0 Å². The van der Waals surface area contributed by atoms with Gasteiger partial charge in [0.2, 0.25) is 0 Å². The van der Waals surface area contributed by atoms with Crippen molar-refractivity contribution >= 4 is 6.21 Å². The predicted octanol–water partition coefficient (Wildman–Crippen LogP) is 0.238. The Hall–Kier alpha value is -1.43. The number of nitrogens with two attached hydrogens (primary N) is 1. The molecule has 5 nitrogen and oxygen atoms in total. The Kier molecular flexibility index (Phi) is 4.91. The molecule has 0 aromatic heterocycles. The van der Waals surface area contributed by atoms with Crippen LogP contribution < -0.4 is 5.73 Å². The lowest BCUT2D eigenvalue weighted by Crippen LogP contribution is -2.21. The predicted molar refractivity (Wildman–Crippen MR) is 60.5 cm³/mol. The van der Waals surface area contributed by atoms with E-state index in [0.717, 1.165) is 0 Å². The lowest BCUT2D eigenvalue weighted by Gasteiger charge is -2.17. The zero-order chi connectivity index (χ0) is 12.0. The number of hydrogen-bond donors (Lipinski definition) is 4. The van der Waals surface area contributed by atoms with Crippen LogP contribution in [0.2, 0.25) is 0 Å². The normalized spacial score (nSPS) is 15.2. The van der Waals surface area contributed by atoms with Crippen LogP contribution in [0.5, 0.6) is 0 Å². The Labute approximate surface area is 93.8 Å². The minimum Gasteiger partial charge on any atom is -0.411 e. The Morgan fingerprint density at radius 1 is 1.38 bits per heavy atom. The van der Waals surface area contributed by atoms with Crippen molar-refractivity contribution in [2.24, 2.45) is 10.9 Å². The van der Waals surface area contributed by atoms with Gasteiger partial charge < -0.3 is 21.2 Å². The first-order valence-electron chi connectivity index (χ1n) is 5.02. The van der Waals surface area contributed by atoms with Crippen molar-refractivity contribution in [3.63, 3.8) is 0 Å². The highest BCUT2D eigenvalue weighted by molar-refractivity contribution is 5.79. The smallest absolute Gasteiger partial charge is 0.105 e. The molecular weight excluding hydrogens is 208 g/mol. The van der Waals surface area contributed by atoms with Gasteiger partial charge in [-0.3, -0.25) is 0 Å². The largest absolute Gasteiger partial charge is 0.411 e. The second-order valence-corrected chi connectivity index (χ2v) is 3.50. The molecule has 2 atom stereocenters. The standard InChI is InChI=1S/C11H16N2O3/c12-5-4-10(14)11(15)9-3-1-2-8(6-9)7-13-16/h1-3,6-7,10-11,14-16H,4-5,12H2. The maximum Gasteiger partial charge on any atom is 0.105 e. The van der Waals surface area contributed by atoms with Crippen LogP contribution in [0, 0.1) is 0 Å². The third-order valence-electron chi connectivity index (χ3n) is 2.29. The first kappa shape index (κ1) is 12.6. The molecule has 0 saturated heterocycles. The summed E-state index contributed by atoms with van der Waals surface area (Å²) >= 11 is 0. The summed E-state index contributed by atoms with van der Waals surface area (Å²) in [5.74, 6) is 0. The van der Waals surface area contributed by atoms with Crippen molar-refractivity contribution in [3.05, 3.63) is 35.4 Å². The van der Waals surface area contributed by atoms with Crippen LogP contribution in [0.4, 0.5) is 0 Å². The third kappa shape index (κ3) is 3.30. The van der Waals surface area contributed by atoms with Crippen LogP contribution in [0.3, 0.4) is 0 Å². The maximum atomic E-state index is 9.80. The fourth-order valence-electron chi connectivity index (χ4n) is 1.44. The van der Waals surface area contributed by atoms with E-state index >= 15 is 0 Å². The van der Waals surface area contributed by atoms with Crippen molar-refractivity contribution < 1.29 is 15.4 Å². The van der Waals surface area contributed by atoms with Gasteiger partial charge in [0.25, 0.3) is 0 Å². The molecule has 5 N–H and O–H groups in total. The molecule has 0 radical (unpaired) electrons. The molecule has 0 fully saturated rings. The molecule has 0 spiro atoms. The van der Waals surface area contributed by atoms with E-state index in [2.05, 4.69) is 5.16 Å². The number of hydrogen-bond acceptors (Lipinski definition) is 5. The summed E-state index contributed by atoms with van der Waals surface area (Å²) < 4.78 is 0. The Bertz CT molecular complexity index is 355. The molecule has 16 heavy (non-hydrogen) atoms. The van der Waals surface area contributed by atoms with Gasteiger partial charge in [0.1, 0.15) is 6.10 Å². The molecule has 1 aromatic rings. The van der Waals surface area contributed by atoms with Gasteiger partial charge in [-0.15, -0.1) is 0 Å². The molecule has 0 aliphatic rings. The SMILES string of the molecule is NCCC(O)C(O)c1cccc(C=NO)c1. The van der Waals surface area contributed by atoms with Crippen LogP contribution in [-0.2, 0) is 0 Å². The average Bonchev–Trinajstić information content (AvgIpc) is 2.29. The number of aliphatic hydroxyl groups is 2. The molecule has 0 amide bonds. The highest BCUT2D eigenvalue weighted by atomic mass is 16.4. The quantitative estimate of drug-likeness (QED) is 0.327. The Morgan fingerprint density at radius 3 is 2.75 bits per heavy atom. The zero-order valence-electron chi connectivity index (χ0n) is 8.82. The van der Waals surface area contributed by atoms with Crippen molar-refractivity contribution in [1.29, 1.82) is 0 Å². The van der Waals surface area contributed by atoms with Crippen molar-refractivity contribution in [3.8, 4) is 0 Å². The van der Waals surface area contributed by atoms with Crippen LogP contribution in [0.15, 0.2) is 29.4 Å². The lowest BCUT2D eigenvalue weighted by atomic mass is 10.0. The molecule has 0 aliphatic heterocycles. The summed E-state index contributed by atoms with van der Waals surface area (Å²) in [5.41, 5.74) is 6.52. The summed E-state index contributed by atoms with van der Waals surface area (Å²) in [5, 5.41) is 30.7. The average molecular weight is 224 g/mol. The first-order chi connectivity index (χ1) is 7.69. The fraction of sp³-hybridized carbons (Fsp3) is 0.364. The minimum atomic E-state index is -0.976. The molecule has 2 unspecified atom stereocenters. The van der Waals surface area contributed by atoms with Gasteiger partial charge in [-0.25, -0.2) is 0 Å². The second-order valence-electron chi connectivity index (χ2n) is 3.50. The van der Waals surface area contributed by atoms with E-state index in [0.29, 0.717) is 24.1 Å². The summed E-state index contributed by atoms with van der Waals surface area (Å²) in [7, 11) is 0. The summed E-state index contributed by atoms with van der Waals surface area (Å²) in [6.07, 6.45) is -0.271. The Morgan fingerprint density at radius 2 is 2.12 bits per heavy atom. The van der Waals surface area contributed by atoms with Gasteiger partial charge in [0, 0.05) is 0 Å². The zero-order valence-corrected chi connectivity index (χ0v) is 8.82. The lowest BCUT2D eigenvalue weighted by molar-refractivity contribution is 0.0150. The summed E-state index contributed by atoms with van der Waals surface area (Å²) in [4.78, 5) is 0. The van der Waals surface area contributed by atoms with Gasteiger partial charge in [0.15, 0.2) is 0 Å². The highest BCUT2D eigenvalue weighted by Gasteiger charge is 2.17. The van der Waals surface area contributed by atoms with Crippen molar-refractivity contribution in [2.75, 3.05) is 6.54 Å². The van der Waals surface area contributed by atoms with Gasteiger partial charge in [-0.1, -0.05) is 23.4 Å². The number of benzene rings is 1. The Balaban J connectivity index is 2.82. The molecule has 88 valence electrons. The van der Waals surface area contributed by atoms with E-state index in [1.807, 2.05) is 0 Å². The van der Waals surface area contributed by atoms with Crippen molar-refractivity contribution in [1.82, 2.24) is 0 Å². The van der Waals surface area contributed by atoms with Gasteiger partial charge in [-0.05, 0) is 30.2 Å². The van der Waals surface area contributed by atoms with Gasteiger partial charge >= 0.3 is 0 Å². The second kappa shape index (κ2) is 6.22. The van der Waals surface area contributed by atoms with Crippen LogP contribution in [-0.4, -0.2) is 34.3 Å². The first-order valence-corrected chi connectivity index (χ1v) is 5.02. The number of rotatable bonds is 5. The highest BCUT2D eigenvalue weighted by Crippen LogP contribution is 2.19. The molecule has 1 aromatic carbocycles.